The maximum atomic E-state index is 11.4. The lowest BCUT2D eigenvalue weighted by Gasteiger charge is -2.22. The largest absolute Gasteiger partial charge is 0.480 e. The van der Waals surface area contributed by atoms with Gasteiger partial charge in [0.2, 0.25) is 0 Å². The van der Waals surface area contributed by atoms with E-state index in [-0.39, 0.29) is 12.2 Å². The van der Waals surface area contributed by atoms with Crippen molar-refractivity contribution in [3.8, 4) is 0 Å². The van der Waals surface area contributed by atoms with Gasteiger partial charge in [-0.2, -0.15) is 0 Å². The minimum atomic E-state index is -2.78. The molecule has 8 heteroatoms. The van der Waals surface area contributed by atoms with Gasteiger partial charge in [0, 0.05) is 21.7 Å². The van der Waals surface area contributed by atoms with Crippen LogP contribution in [-0.2, 0) is 19.3 Å². The zero-order valence-corrected chi connectivity index (χ0v) is 11.8. The number of rotatable bonds is 5. The second-order valence-electron chi connectivity index (χ2n) is 5.03. The average molecular weight is 280 g/mol. The molecule has 0 heterocycles. The van der Waals surface area contributed by atoms with Gasteiger partial charge in [0.15, 0.2) is 0 Å². The van der Waals surface area contributed by atoms with E-state index >= 15 is 0 Å². The summed E-state index contributed by atoms with van der Waals surface area (Å²) in [6.45, 7) is 4.97. The Morgan fingerprint density at radius 3 is 2.28 bits per heavy atom. The summed E-state index contributed by atoms with van der Waals surface area (Å²) in [4.78, 5) is 22.3. The molecule has 0 aromatic carbocycles. The minimum absolute atomic E-state index is 0.0760. The highest BCUT2D eigenvalue weighted by Crippen LogP contribution is 2.07. The highest BCUT2D eigenvalue weighted by Gasteiger charge is 2.24. The van der Waals surface area contributed by atoms with Crippen molar-refractivity contribution in [3.05, 3.63) is 0 Å². The number of carbonyl (C=O) groups is 2. The predicted molar refractivity (Wildman–Crippen MR) is 67.1 cm³/mol. The van der Waals surface area contributed by atoms with Gasteiger partial charge in [0.1, 0.15) is 11.6 Å². The highest BCUT2D eigenvalue weighted by molar-refractivity contribution is 7.91. The Bertz CT molecular complexity index is 410. The first kappa shape index (κ1) is 16.7. The molecular weight excluding hydrogens is 260 g/mol. The fourth-order valence-electron chi connectivity index (χ4n) is 1.05. The van der Waals surface area contributed by atoms with E-state index in [2.05, 4.69) is 5.32 Å². The van der Waals surface area contributed by atoms with Gasteiger partial charge < -0.3 is 15.2 Å². The van der Waals surface area contributed by atoms with E-state index < -0.39 is 33.4 Å². The van der Waals surface area contributed by atoms with Crippen molar-refractivity contribution in [1.29, 1.82) is 4.78 Å². The molecule has 2 atom stereocenters. The van der Waals surface area contributed by atoms with Crippen LogP contribution in [0.4, 0.5) is 4.79 Å². The fraction of sp³-hybridized carbons (Fsp3) is 0.800. The number of carboxylic acids is 1. The number of hydrogen-bond donors (Lipinski definition) is 3. The fourth-order valence-corrected chi connectivity index (χ4v) is 1.74. The summed E-state index contributed by atoms with van der Waals surface area (Å²) >= 11 is 0. The lowest BCUT2D eigenvalue weighted by atomic mass is 10.2. The van der Waals surface area contributed by atoms with Gasteiger partial charge in [-0.05, 0) is 27.2 Å². The standard InChI is InChI=1S/C10H20N2O5S/c1-10(2,3)17-9(15)12-7(8(13)14)5-6-18(4,11)16/h7,11H,5-6H2,1-4H3,(H,12,15)(H,13,14)/t7-,18?/m1/s1. The number of carbonyl (C=O) groups excluding carboxylic acids is 1. The van der Waals surface area contributed by atoms with Gasteiger partial charge in [-0.15, -0.1) is 0 Å². The van der Waals surface area contributed by atoms with E-state index in [4.69, 9.17) is 14.6 Å². The molecule has 0 aliphatic rings. The van der Waals surface area contributed by atoms with Crippen molar-refractivity contribution in [1.82, 2.24) is 5.32 Å². The summed E-state index contributed by atoms with van der Waals surface area (Å²) in [5, 5.41) is 11.1. The van der Waals surface area contributed by atoms with Crippen LogP contribution in [0.15, 0.2) is 0 Å². The van der Waals surface area contributed by atoms with E-state index in [9.17, 15) is 13.8 Å². The molecule has 0 rings (SSSR count). The maximum Gasteiger partial charge on any atom is 0.408 e. The molecule has 1 unspecified atom stereocenters. The first-order chi connectivity index (χ1) is 7.91. The molecule has 0 saturated heterocycles. The lowest BCUT2D eigenvalue weighted by Crippen LogP contribution is -2.44. The summed E-state index contributed by atoms with van der Waals surface area (Å²) in [7, 11) is -2.78. The minimum Gasteiger partial charge on any atom is -0.480 e. The van der Waals surface area contributed by atoms with E-state index in [0.717, 1.165) is 0 Å². The number of aliphatic carboxylic acids is 1. The normalized spacial score (nSPS) is 16.4. The number of nitrogens with one attached hydrogen (secondary N) is 2. The van der Waals surface area contributed by atoms with Gasteiger partial charge in [-0.25, -0.2) is 9.59 Å². The summed E-state index contributed by atoms with van der Waals surface area (Å²) in [6, 6.07) is -1.20. The molecule has 0 aromatic heterocycles. The highest BCUT2D eigenvalue weighted by atomic mass is 32.2. The third-order valence-corrected chi connectivity index (χ3v) is 2.80. The zero-order chi connectivity index (χ0) is 14.6. The van der Waals surface area contributed by atoms with Crippen LogP contribution in [0.5, 0.6) is 0 Å². The molecule has 0 bridgehead atoms. The first-order valence-electron chi connectivity index (χ1n) is 5.34. The number of alkyl carbamates (subject to hydrolysis) is 1. The average Bonchev–Trinajstić information content (AvgIpc) is 2.06. The first-order valence-corrected chi connectivity index (χ1v) is 7.48. The van der Waals surface area contributed by atoms with Crippen molar-refractivity contribution in [2.24, 2.45) is 0 Å². The van der Waals surface area contributed by atoms with Gasteiger partial charge in [-0.1, -0.05) is 0 Å². The molecule has 0 aliphatic carbocycles. The van der Waals surface area contributed by atoms with Crippen LogP contribution in [0.25, 0.3) is 0 Å². The Balaban J connectivity index is 4.46. The quantitative estimate of drug-likeness (QED) is 0.695. The molecule has 3 N–H and O–H groups in total. The molecule has 0 aromatic rings. The van der Waals surface area contributed by atoms with Crippen molar-refractivity contribution in [3.63, 3.8) is 0 Å². The second-order valence-corrected chi connectivity index (χ2v) is 7.45. The van der Waals surface area contributed by atoms with Crippen LogP contribution in [0.2, 0.25) is 0 Å². The Morgan fingerprint density at radius 1 is 1.44 bits per heavy atom. The van der Waals surface area contributed by atoms with Crippen molar-refractivity contribution in [2.45, 2.75) is 38.8 Å². The smallest absolute Gasteiger partial charge is 0.408 e. The Labute approximate surface area is 107 Å². The molecule has 7 nitrogen and oxygen atoms in total. The number of hydrogen-bond acceptors (Lipinski definition) is 5. The second kappa shape index (κ2) is 6.03. The predicted octanol–water partition coefficient (Wildman–Crippen LogP) is 1.03. The van der Waals surface area contributed by atoms with Gasteiger partial charge >= 0.3 is 12.1 Å². The van der Waals surface area contributed by atoms with Gasteiger partial charge in [0.05, 0.1) is 0 Å². The summed E-state index contributed by atoms with van der Waals surface area (Å²) in [5.41, 5.74) is -0.721. The maximum absolute atomic E-state index is 11.4. The SMILES string of the molecule is CC(C)(C)OC(=O)N[C@H](CCS(C)(=N)=O)C(=O)O. The number of amides is 1. The molecule has 0 spiro atoms. The molecule has 1 amide bonds. The van der Waals surface area contributed by atoms with E-state index in [1.807, 2.05) is 0 Å². The van der Waals surface area contributed by atoms with Crippen LogP contribution in [-0.4, -0.2) is 45.0 Å². The summed E-state index contributed by atoms with van der Waals surface area (Å²) in [6.07, 6.45) is 0.301. The van der Waals surface area contributed by atoms with Crippen molar-refractivity contribution in [2.75, 3.05) is 12.0 Å². The van der Waals surface area contributed by atoms with Crippen LogP contribution < -0.4 is 5.32 Å². The Kier molecular flexibility index (Phi) is 5.59. The summed E-state index contributed by atoms with van der Waals surface area (Å²) < 4.78 is 23.3. The molecule has 0 saturated carbocycles. The van der Waals surface area contributed by atoms with Crippen LogP contribution in [0.3, 0.4) is 0 Å². The Morgan fingerprint density at radius 2 is 1.94 bits per heavy atom. The van der Waals surface area contributed by atoms with E-state index in [1.165, 1.54) is 6.26 Å². The molecule has 0 radical (unpaired) electrons. The van der Waals surface area contributed by atoms with Gasteiger partial charge in [-0.3, -0.25) is 8.99 Å². The van der Waals surface area contributed by atoms with Crippen LogP contribution in [0, 0.1) is 4.78 Å². The monoisotopic (exact) mass is 280 g/mol. The van der Waals surface area contributed by atoms with Gasteiger partial charge in [0.25, 0.3) is 0 Å². The third-order valence-electron chi connectivity index (χ3n) is 1.79. The Hall–Kier alpha value is -1.31. The topological polar surface area (TPSA) is 117 Å². The van der Waals surface area contributed by atoms with E-state index in [1.54, 1.807) is 20.8 Å². The van der Waals surface area contributed by atoms with Crippen LogP contribution in [0.1, 0.15) is 27.2 Å². The number of ether oxygens (including phenoxy) is 1. The van der Waals surface area contributed by atoms with Crippen molar-refractivity contribution < 1.29 is 23.6 Å². The molecule has 0 aliphatic heterocycles. The molecule has 0 fully saturated rings. The number of carboxylic acid groups (broad SMARTS) is 1. The molecule has 18 heavy (non-hydrogen) atoms. The summed E-state index contributed by atoms with van der Waals surface area (Å²) in [5.74, 6) is -1.34. The third kappa shape index (κ3) is 8.80. The molecular formula is C10H20N2O5S. The van der Waals surface area contributed by atoms with Crippen molar-refractivity contribution >= 4 is 21.8 Å². The lowest BCUT2D eigenvalue weighted by molar-refractivity contribution is -0.139. The zero-order valence-electron chi connectivity index (χ0n) is 11.0. The van der Waals surface area contributed by atoms with E-state index in [0.29, 0.717) is 0 Å². The van der Waals surface area contributed by atoms with Crippen LogP contribution >= 0.6 is 0 Å². The molecule has 106 valence electrons.